The monoisotopic (exact) mass is 463 g/mol. The van der Waals surface area contributed by atoms with Crippen LogP contribution in [0.2, 0.25) is 5.02 Å². The molecule has 1 N–H and O–H groups in total. The van der Waals surface area contributed by atoms with Gasteiger partial charge in [-0.25, -0.2) is 13.2 Å². The Morgan fingerprint density at radius 2 is 2.06 bits per heavy atom. The topological polar surface area (TPSA) is 106 Å². The second-order valence-corrected chi connectivity index (χ2v) is 10.3. The van der Waals surface area contributed by atoms with Gasteiger partial charge in [0.25, 0.3) is 0 Å². The molecule has 0 unspecified atom stereocenters. The number of hydrogen-bond donors (Lipinski definition) is 1. The molecule has 10 heteroatoms. The second kappa shape index (κ2) is 8.47. The first kappa shape index (κ1) is 21.6. The molecule has 2 fully saturated rings. The fraction of sp³-hybridized carbons (Fsp3) is 0.381. The largest absolute Gasteiger partial charge is 0.447 e. The van der Waals surface area contributed by atoms with Crippen LogP contribution in [0.4, 0.5) is 4.79 Å². The van der Waals surface area contributed by atoms with Gasteiger partial charge in [0.05, 0.1) is 21.7 Å². The number of nitrogens with one attached hydrogen (secondary N) is 1. The summed E-state index contributed by atoms with van der Waals surface area (Å²) in [5.41, 5.74) is 2.35. The number of hydrogen-bond acceptors (Lipinski definition) is 6. The van der Waals surface area contributed by atoms with Crippen molar-refractivity contribution in [3.63, 3.8) is 0 Å². The summed E-state index contributed by atoms with van der Waals surface area (Å²) >= 11 is 6.27. The number of carbonyl (C=O) groups is 2. The summed E-state index contributed by atoms with van der Waals surface area (Å²) in [4.78, 5) is 29.8. The number of carbonyl (C=O) groups excluding carboxylic acids is 2. The molecule has 3 heterocycles. The summed E-state index contributed by atoms with van der Waals surface area (Å²) < 4.78 is 28.2. The first-order valence-corrected chi connectivity index (χ1v) is 12.1. The van der Waals surface area contributed by atoms with Crippen molar-refractivity contribution in [3.05, 3.63) is 47.1 Å². The quantitative estimate of drug-likeness (QED) is 0.705. The Morgan fingerprint density at radius 3 is 2.65 bits per heavy atom. The molecular formula is C21H22ClN3O5S. The number of benzene rings is 1. The normalized spacial score (nSPS) is 19.0. The minimum Gasteiger partial charge on any atom is -0.447 e. The predicted octanol–water partition coefficient (Wildman–Crippen LogP) is 2.62. The summed E-state index contributed by atoms with van der Waals surface area (Å²) in [6.07, 6.45) is 3.43. The number of pyridine rings is 1. The zero-order valence-corrected chi connectivity index (χ0v) is 18.4. The highest BCUT2D eigenvalue weighted by molar-refractivity contribution is 7.90. The Hall–Kier alpha value is -2.65. The van der Waals surface area contributed by atoms with Crippen molar-refractivity contribution in [1.29, 1.82) is 0 Å². The van der Waals surface area contributed by atoms with Crippen LogP contribution in [0.15, 0.2) is 41.4 Å². The number of halogens is 1. The van der Waals surface area contributed by atoms with Crippen molar-refractivity contribution in [3.8, 4) is 11.3 Å². The van der Waals surface area contributed by atoms with Gasteiger partial charge < -0.3 is 15.0 Å². The molecule has 1 aromatic heterocycles. The third-order valence-electron chi connectivity index (χ3n) is 5.58. The van der Waals surface area contributed by atoms with Crippen LogP contribution in [-0.4, -0.2) is 62.3 Å². The third-order valence-corrected chi connectivity index (χ3v) is 7.00. The van der Waals surface area contributed by atoms with E-state index in [4.69, 9.17) is 16.3 Å². The maximum atomic E-state index is 12.3. The number of sulfone groups is 1. The van der Waals surface area contributed by atoms with Gasteiger partial charge in [-0.05, 0) is 30.2 Å². The van der Waals surface area contributed by atoms with Gasteiger partial charge in [-0.2, -0.15) is 0 Å². The van der Waals surface area contributed by atoms with E-state index in [1.165, 1.54) is 12.1 Å². The zero-order valence-electron chi connectivity index (χ0n) is 16.9. The maximum Gasteiger partial charge on any atom is 0.407 e. The number of nitrogens with zero attached hydrogens (tertiary/aromatic N) is 2. The maximum absolute atomic E-state index is 12.3. The van der Waals surface area contributed by atoms with E-state index in [1.54, 1.807) is 17.2 Å². The van der Waals surface area contributed by atoms with E-state index < -0.39 is 15.9 Å². The van der Waals surface area contributed by atoms with E-state index in [2.05, 4.69) is 10.3 Å². The second-order valence-electron chi connectivity index (χ2n) is 7.86. The molecule has 0 saturated carbocycles. The standard InChI is InChI=1S/C21H22ClN3O5S/c1-31(28,29)16-4-5-17(18(22)8-16)19-6-2-13(9-23-19)14-10-25(11-14)20(26)7-3-15-12-30-21(27)24-15/h2,4-6,8-9,14-15H,3,7,10-12H2,1H3,(H,24,27)/t15-/m1/s1. The van der Waals surface area contributed by atoms with Crippen molar-refractivity contribution in [1.82, 2.24) is 15.2 Å². The Morgan fingerprint density at radius 1 is 1.29 bits per heavy atom. The van der Waals surface area contributed by atoms with E-state index in [0.29, 0.717) is 48.8 Å². The van der Waals surface area contributed by atoms with Gasteiger partial charge in [0.15, 0.2) is 9.84 Å². The molecule has 2 aliphatic heterocycles. The Bertz CT molecular complexity index is 1110. The summed E-state index contributed by atoms with van der Waals surface area (Å²) in [7, 11) is -3.32. The molecule has 1 atom stereocenters. The summed E-state index contributed by atoms with van der Waals surface area (Å²) in [6, 6.07) is 8.32. The molecule has 8 nitrogen and oxygen atoms in total. The highest BCUT2D eigenvalue weighted by Gasteiger charge is 2.32. The minimum atomic E-state index is -3.32. The predicted molar refractivity (Wildman–Crippen MR) is 115 cm³/mol. The van der Waals surface area contributed by atoms with Crippen LogP contribution < -0.4 is 5.32 Å². The third kappa shape index (κ3) is 4.83. The minimum absolute atomic E-state index is 0.0692. The fourth-order valence-corrected chi connectivity index (χ4v) is 4.66. The van der Waals surface area contributed by atoms with Crippen LogP contribution in [-0.2, 0) is 19.4 Å². The van der Waals surface area contributed by atoms with Crippen LogP contribution in [0.25, 0.3) is 11.3 Å². The highest BCUT2D eigenvalue weighted by Crippen LogP contribution is 2.32. The highest BCUT2D eigenvalue weighted by atomic mass is 35.5. The van der Waals surface area contributed by atoms with Gasteiger partial charge in [-0.1, -0.05) is 23.7 Å². The lowest BCUT2D eigenvalue weighted by Crippen LogP contribution is -2.48. The van der Waals surface area contributed by atoms with Crippen molar-refractivity contribution >= 4 is 33.4 Å². The number of likely N-dealkylation sites (tertiary alicyclic amines) is 1. The van der Waals surface area contributed by atoms with Crippen LogP contribution in [0.5, 0.6) is 0 Å². The van der Waals surface area contributed by atoms with E-state index in [1.807, 2.05) is 12.1 Å². The lowest BCUT2D eigenvalue weighted by Gasteiger charge is -2.39. The smallest absolute Gasteiger partial charge is 0.407 e. The van der Waals surface area contributed by atoms with Gasteiger partial charge in [-0.3, -0.25) is 9.78 Å². The first-order chi connectivity index (χ1) is 14.7. The molecule has 164 valence electrons. The van der Waals surface area contributed by atoms with Gasteiger partial charge in [0.1, 0.15) is 6.61 Å². The molecule has 0 bridgehead atoms. The van der Waals surface area contributed by atoms with Crippen molar-refractivity contribution in [2.45, 2.75) is 29.7 Å². The average molecular weight is 464 g/mol. The fourth-order valence-electron chi connectivity index (χ4n) is 3.67. The average Bonchev–Trinajstić information content (AvgIpc) is 3.10. The molecular weight excluding hydrogens is 442 g/mol. The van der Waals surface area contributed by atoms with Crippen molar-refractivity contribution in [2.75, 3.05) is 26.0 Å². The van der Waals surface area contributed by atoms with Crippen LogP contribution >= 0.6 is 11.6 Å². The number of cyclic esters (lactones) is 1. The van der Waals surface area contributed by atoms with E-state index >= 15 is 0 Å². The molecule has 4 rings (SSSR count). The Labute approximate surface area is 185 Å². The summed E-state index contributed by atoms with van der Waals surface area (Å²) in [6.45, 7) is 1.59. The number of alkyl carbamates (subject to hydrolysis) is 1. The molecule has 2 aromatic rings. The van der Waals surface area contributed by atoms with Gasteiger partial charge in [-0.15, -0.1) is 0 Å². The summed E-state index contributed by atoms with van der Waals surface area (Å²) in [5, 5.41) is 3.00. The zero-order chi connectivity index (χ0) is 22.2. The lowest BCUT2D eigenvalue weighted by atomic mass is 9.91. The molecule has 2 aliphatic rings. The molecule has 0 aliphatic carbocycles. The Balaban J connectivity index is 1.32. The van der Waals surface area contributed by atoms with E-state index in [9.17, 15) is 18.0 Å². The van der Waals surface area contributed by atoms with Gasteiger partial charge >= 0.3 is 6.09 Å². The lowest BCUT2D eigenvalue weighted by molar-refractivity contribution is -0.135. The van der Waals surface area contributed by atoms with Crippen LogP contribution in [0.3, 0.4) is 0 Å². The number of ether oxygens (including phenoxy) is 1. The van der Waals surface area contributed by atoms with Gasteiger partial charge in [0, 0.05) is 43.4 Å². The van der Waals surface area contributed by atoms with Crippen molar-refractivity contribution < 1.29 is 22.7 Å². The molecule has 2 saturated heterocycles. The number of aromatic nitrogens is 1. The molecule has 0 spiro atoms. The number of rotatable bonds is 6. The molecule has 31 heavy (non-hydrogen) atoms. The molecule has 2 amide bonds. The first-order valence-electron chi connectivity index (χ1n) is 9.87. The molecule has 1 aromatic carbocycles. The number of amides is 2. The van der Waals surface area contributed by atoms with Crippen molar-refractivity contribution in [2.24, 2.45) is 0 Å². The van der Waals surface area contributed by atoms with Gasteiger partial charge in [0.2, 0.25) is 5.91 Å². The van der Waals surface area contributed by atoms with Crippen LogP contribution in [0.1, 0.15) is 24.3 Å². The Kier molecular flexibility index (Phi) is 5.90. The van der Waals surface area contributed by atoms with E-state index in [0.717, 1.165) is 11.8 Å². The van der Waals surface area contributed by atoms with E-state index in [-0.39, 0.29) is 22.8 Å². The SMILES string of the molecule is CS(=O)(=O)c1ccc(-c2ccc(C3CN(C(=O)CC[C@@H]4COC(=O)N4)C3)cn2)c(Cl)c1. The molecule has 0 radical (unpaired) electrons. The summed E-state index contributed by atoms with van der Waals surface area (Å²) in [5.74, 6) is 0.294. The van der Waals surface area contributed by atoms with Crippen LogP contribution in [0, 0.1) is 0 Å².